The van der Waals surface area contributed by atoms with Gasteiger partial charge in [-0.15, -0.1) is 0 Å². The standard InChI is InChI=1S/C29H27N5O4S/c1-18(35)31-22-17-19(13-14-25(22)37-2)34-27(26(32-29(34)39)21-10-6-7-15-30-21)24-12-8-16-33(24)23-11-5-4-9-20(23)28(36)38-3/h4-17,26-27H,1-3H3,(H,31,35)(H,32,39). The maximum atomic E-state index is 12.6. The number of pyridine rings is 1. The average Bonchev–Trinajstić information content (AvgIpc) is 3.57. The highest BCUT2D eigenvalue weighted by molar-refractivity contribution is 7.80. The second-order valence-electron chi connectivity index (χ2n) is 8.87. The smallest absolute Gasteiger partial charge is 0.339 e. The van der Waals surface area contributed by atoms with Crippen LogP contribution in [0, 0.1) is 0 Å². The Morgan fingerprint density at radius 1 is 1.03 bits per heavy atom. The molecule has 0 saturated carbocycles. The van der Waals surface area contributed by atoms with Gasteiger partial charge < -0.3 is 29.6 Å². The van der Waals surface area contributed by atoms with Crippen LogP contribution in [0.25, 0.3) is 5.69 Å². The van der Waals surface area contributed by atoms with Crippen LogP contribution < -0.4 is 20.3 Å². The van der Waals surface area contributed by atoms with Crippen molar-refractivity contribution in [1.82, 2.24) is 14.9 Å². The molecule has 0 aliphatic carbocycles. The van der Waals surface area contributed by atoms with E-state index in [4.69, 9.17) is 21.7 Å². The van der Waals surface area contributed by atoms with E-state index < -0.39 is 5.97 Å². The van der Waals surface area contributed by atoms with Crippen molar-refractivity contribution in [3.63, 3.8) is 0 Å². The zero-order valence-electron chi connectivity index (χ0n) is 21.6. The Morgan fingerprint density at radius 3 is 2.54 bits per heavy atom. The van der Waals surface area contributed by atoms with Gasteiger partial charge in [-0.25, -0.2) is 4.79 Å². The number of nitrogens with one attached hydrogen (secondary N) is 2. The molecule has 198 valence electrons. The summed E-state index contributed by atoms with van der Waals surface area (Å²) in [6, 6.07) is 21.8. The lowest BCUT2D eigenvalue weighted by Crippen LogP contribution is -2.30. The molecule has 1 aliphatic rings. The van der Waals surface area contributed by atoms with Gasteiger partial charge in [0, 0.05) is 30.7 Å². The van der Waals surface area contributed by atoms with Crippen molar-refractivity contribution in [1.29, 1.82) is 0 Å². The number of amides is 1. The first-order valence-electron chi connectivity index (χ1n) is 12.2. The van der Waals surface area contributed by atoms with Crippen molar-refractivity contribution in [2.75, 3.05) is 24.4 Å². The van der Waals surface area contributed by atoms with Gasteiger partial charge in [0.2, 0.25) is 5.91 Å². The van der Waals surface area contributed by atoms with E-state index in [2.05, 4.69) is 15.6 Å². The van der Waals surface area contributed by atoms with Crippen LogP contribution in [-0.4, -0.2) is 40.8 Å². The van der Waals surface area contributed by atoms with Crippen LogP contribution in [0.2, 0.25) is 0 Å². The molecule has 0 radical (unpaired) electrons. The number of hydrogen-bond acceptors (Lipinski definition) is 6. The third-order valence-electron chi connectivity index (χ3n) is 6.52. The van der Waals surface area contributed by atoms with Gasteiger partial charge >= 0.3 is 5.97 Å². The SMILES string of the molecule is COC(=O)c1ccccc1-n1cccc1C1C(c2ccccn2)NC(=S)N1c1ccc(OC)c(NC(C)=O)c1. The quantitative estimate of drug-likeness (QED) is 0.254. The molecule has 9 nitrogen and oxygen atoms in total. The van der Waals surface area contributed by atoms with Crippen molar-refractivity contribution in [2.24, 2.45) is 0 Å². The molecule has 1 saturated heterocycles. The van der Waals surface area contributed by atoms with Crippen LogP contribution in [0.1, 0.15) is 40.8 Å². The number of methoxy groups -OCH3 is 2. The van der Waals surface area contributed by atoms with Gasteiger partial charge in [-0.3, -0.25) is 9.78 Å². The van der Waals surface area contributed by atoms with Crippen molar-refractivity contribution < 1.29 is 19.1 Å². The molecule has 2 N–H and O–H groups in total. The van der Waals surface area contributed by atoms with Crippen LogP contribution in [-0.2, 0) is 9.53 Å². The Kier molecular flexibility index (Phi) is 7.29. The normalized spacial score (nSPS) is 16.5. The number of nitrogens with zero attached hydrogens (tertiary/aromatic N) is 3. The molecule has 2 atom stereocenters. The lowest BCUT2D eigenvalue weighted by atomic mass is 10.00. The molecule has 39 heavy (non-hydrogen) atoms. The van der Waals surface area contributed by atoms with E-state index in [-0.39, 0.29) is 18.0 Å². The van der Waals surface area contributed by atoms with Gasteiger partial charge in [-0.2, -0.15) is 0 Å². The average molecular weight is 542 g/mol. The van der Waals surface area contributed by atoms with Gasteiger partial charge in [0.15, 0.2) is 5.11 Å². The minimum absolute atomic E-state index is 0.219. The summed E-state index contributed by atoms with van der Waals surface area (Å²) in [7, 11) is 2.91. The van der Waals surface area contributed by atoms with Gasteiger partial charge in [0.1, 0.15) is 11.8 Å². The number of thiocarbonyl (C=S) groups is 1. The Hall–Kier alpha value is -4.70. The Morgan fingerprint density at radius 2 is 1.82 bits per heavy atom. The first-order valence-corrected chi connectivity index (χ1v) is 12.6. The van der Waals surface area contributed by atoms with E-state index >= 15 is 0 Å². The minimum Gasteiger partial charge on any atom is -0.495 e. The molecule has 10 heteroatoms. The summed E-state index contributed by atoms with van der Waals surface area (Å²) in [4.78, 5) is 31.2. The highest BCUT2D eigenvalue weighted by Gasteiger charge is 2.42. The van der Waals surface area contributed by atoms with Crippen molar-refractivity contribution >= 4 is 40.6 Å². The number of carbonyl (C=O) groups excluding carboxylic acids is 2. The number of para-hydroxylation sites is 1. The van der Waals surface area contributed by atoms with Crippen LogP contribution in [0.15, 0.2) is 85.2 Å². The molecular formula is C29H27N5O4S. The molecule has 2 aromatic heterocycles. The number of anilines is 2. The van der Waals surface area contributed by atoms with Gasteiger partial charge in [0.05, 0.1) is 42.9 Å². The lowest BCUT2D eigenvalue weighted by molar-refractivity contribution is -0.114. The van der Waals surface area contributed by atoms with Crippen LogP contribution in [0.3, 0.4) is 0 Å². The Labute approximate surface area is 231 Å². The van der Waals surface area contributed by atoms with Crippen molar-refractivity contribution in [2.45, 2.75) is 19.0 Å². The zero-order chi connectivity index (χ0) is 27.5. The molecule has 3 heterocycles. The molecule has 1 amide bonds. The molecular weight excluding hydrogens is 514 g/mol. The second kappa shape index (κ2) is 11.0. The molecule has 5 rings (SSSR count). The summed E-state index contributed by atoms with van der Waals surface area (Å²) in [6.45, 7) is 1.44. The highest BCUT2D eigenvalue weighted by Crippen LogP contribution is 2.44. The summed E-state index contributed by atoms with van der Waals surface area (Å²) in [6.07, 6.45) is 3.65. The summed E-state index contributed by atoms with van der Waals surface area (Å²) in [5, 5.41) is 6.77. The second-order valence-corrected chi connectivity index (χ2v) is 9.26. The van der Waals surface area contributed by atoms with Gasteiger partial charge in [-0.1, -0.05) is 18.2 Å². The number of carbonyl (C=O) groups is 2. The minimum atomic E-state index is -0.432. The summed E-state index contributed by atoms with van der Waals surface area (Å²) in [5.41, 5.74) is 4.05. The lowest BCUT2D eigenvalue weighted by Gasteiger charge is -2.29. The molecule has 2 unspecified atom stereocenters. The maximum absolute atomic E-state index is 12.6. The maximum Gasteiger partial charge on any atom is 0.339 e. The van der Waals surface area contributed by atoms with E-state index in [0.717, 1.165) is 17.1 Å². The van der Waals surface area contributed by atoms with E-state index in [1.807, 2.05) is 70.3 Å². The van der Waals surface area contributed by atoms with Gasteiger partial charge in [0.25, 0.3) is 0 Å². The summed E-state index contributed by atoms with van der Waals surface area (Å²) < 4.78 is 12.5. The molecule has 4 aromatic rings. The predicted molar refractivity (Wildman–Crippen MR) is 152 cm³/mol. The van der Waals surface area contributed by atoms with Gasteiger partial charge in [-0.05, 0) is 66.8 Å². The monoisotopic (exact) mass is 541 g/mol. The third-order valence-corrected chi connectivity index (χ3v) is 6.84. The van der Waals surface area contributed by atoms with E-state index in [1.165, 1.54) is 14.0 Å². The number of rotatable bonds is 7. The molecule has 1 fully saturated rings. The van der Waals surface area contributed by atoms with Crippen molar-refractivity contribution in [3.05, 3.63) is 102 Å². The fraction of sp³-hybridized carbons (Fsp3) is 0.172. The highest BCUT2D eigenvalue weighted by atomic mass is 32.1. The largest absolute Gasteiger partial charge is 0.495 e. The van der Waals surface area contributed by atoms with Crippen LogP contribution in [0.5, 0.6) is 5.75 Å². The number of esters is 1. The summed E-state index contributed by atoms with van der Waals surface area (Å²) in [5.74, 6) is -0.123. The molecule has 2 aromatic carbocycles. The number of hydrogen-bond donors (Lipinski definition) is 2. The fourth-order valence-corrected chi connectivity index (χ4v) is 5.23. The van der Waals surface area contributed by atoms with Crippen molar-refractivity contribution in [3.8, 4) is 11.4 Å². The fourth-order valence-electron chi connectivity index (χ4n) is 4.89. The van der Waals surface area contributed by atoms with E-state index in [1.54, 1.807) is 31.5 Å². The first kappa shape index (κ1) is 25.9. The van der Waals surface area contributed by atoms with Crippen LogP contribution in [0.4, 0.5) is 11.4 Å². The zero-order valence-corrected chi connectivity index (χ0v) is 22.4. The number of ether oxygens (including phenoxy) is 2. The third kappa shape index (κ3) is 4.94. The molecule has 1 aliphatic heterocycles. The summed E-state index contributed by atoms with van der Waals surface area (Å²) >= 11 is 5.87. The molecule has 0 bridgehead atoms. The van der Waals surface area contributed by atoms with Crippen LogP contribution >= 0.6 is 12.2 Å². The topological polar surface area (TPSA) is 97.7 Å². The first-order chi connectivity index (χ1) is 18.9. The predicted octanol–water partition coefficient (Wildman–Crippen LogP) is 4.80. The Balaban J connectivity index is 1.69. The Bertz CT molecular complexity index is 1540. The number of aromatic nitrogens is 2. The van der Waals surface area contributed by atoms with E-state index in [0.29, 0.717) is 27.8 Å². The van der Waals surface area contributed by atoms with E-state index in [9.17, 15) is 9.59 Å². The number of benzene rings is 2. The molecule has 0 spiro atoms.